The van der Waals surface area contributed by atoms with Crippen LogP contribution >= 0.6 is 31.9 Å². The molecule has 0 unspecified atom stereocenters. The molecule has 4 aromatic rings. The van der Waals surface area contributed by atoms with Gasteiger partial charge < -0.3 is 9.47 Å². The number of benzene rings is 4. The van der Waals surface area contributed by atoms with Gasteiger partial charge in [-0.1, -0.05) is 111 Å². The van der Waals surface area contributed by atoms with Crippen LogP contribution in [-0.4, -0.2) is 23.9 Å². The lowest BCUT2D eigenvalue weighted by molar-refractivity contribution is 0.310. The zero-order valence-electron chi connectivity index (χ0n) is 25.4. The molecule has 0 saturated carbocycles. The van der Waals surface area contributed by atoms with Gasteiger partial charge in [-0.2, -0.15) is 10.5 Å². The van der Waals surface area contributed by atoms with E-state index in [0.717, 1.165) is 86.8 Å². The Kier molecular flexibility index (Phi) is 13.5. The summed E-state index contributed by atoms with van der Waals surface area (Å²) in [5.74, 6) is 1.69. The van der Waals surface area contributed by atoms with Crippen LogP contribution in [0.5, 0.6) is 11.5 Å². The number of alkyl halides is 2. The molecule has 0 radical (unpaired) electrons. The molecule has 0 aliphatic carbocycles. The highest BCUT2D eigenvalue weighted by atomic mass is 79.9. The molecule has 0 aliphatic rings. The van der Waals surface area contributed by atoms with Gasteiger partial charge in [0.15, 0.2) is 0 Å². The van der Waals surface area contributed by atoms with E-state index in [1.807, 2.05) is 73.7 Å². The Hall–Kier alpha value is -4.10. The van der Waals surface area contributed by atoms with Gasteiger partial charge in [0.2, 0.25) is 0 Å². The lowest BCUT2D eigenvalue weighted by atomic mass is 9.85. The zero-order chi connectivity index (χ0) is 31.9. The van der Waals surface area contributed by atoms with Crippen LogP contribution < -0.4 is 9.47 Å². The van der Waals surface area contributed by atoms with Crippen molar-refractivity contribution in [2.45, 2.75) is 32.6 Å². The molecule has 0 aromatic heterocycles. The van der Waals surface area contributed by atoms with Gasteiger partial charge >= 0.3 is 0 Å². The molecule has 0 heterocycles. The standard InChI is InChI=1S/C39H36Br2N2O2/c1-29(35(27-42)28-43)30-11-13-32(14-12-30)38(31-9-3-2-4-10-31)39(33-15-19-36(20-16-33)44-25-7-5-23-40)34-17-21-37(22-18-34)45-26-8-6-24-41/h2-4,9-22H,5-8,23-26H2,1H3. The Bertz CT molecular complexity index is 1590. The van der Waals surface area contributed by atoms with E-state index in [2.05, 4.69) is 80.4 Å². The first-order chi connectivity index (χ1) is 22.1. The van der Waals surface area contributed by atoms with Crippen molar-refractivity contribution in [3.63, 3.8) is 0 Å². The maximum atomic E-state index is 9.40. The van der Waals surface area contributed by atoms with Crippen LogP contribution in [-0.2, 0) is 0 Å². The number of halogens is 2. The number of rotatable bonds is 15. The summed E-state index contributed by atoms with van der Waals surface area (Å²) >= 11 is 6.97. The van der Waals surface area contributed by atoms with Crippen molar-refractivity contribution in [3.05, 3.63) is 137 Å². The summed E-state index contributed by atoms with van der Waals surface area (Å²) in [7, 11) is 0. The molecule has 0 amide bonds. The summed E-state index contributed by atoms with van der Waals surface area (Å²) in [6.45, 7) is 3.17. The minimum atomic E-state index is 0.117. The molecule has 4 aromatic carbocycles. The highest BCUT2D eigenvalue weighted by Crippen LogP contribution is 2.38. The Morgan fingerprint density at radius 3 is 1.31 bits per heavy atom. The number of unbranched alkanes of at least 4 members (excludes halogenated alkanes) is 2. The number of hydrogen-bond donors (Lipinski definition) is 0. The minimum absolute atomic E-state index is 0.117. The van der Waals surface area contributed by atoms with Gasteiger partial charge in [0.25, 0.3) is 0 Å². The van der Waals surface area contributed by atoms with Crippen LogP contribution in [0.4, 0.5) is 0 Å². The first kappa shape index (κ1) is 33.8. The molecule has 6 heteroatoms. The van der Waals surface area contributed by atoms with Gasteiger partial charge in [-0.05, 0) is 101 Å². The molecule has 228 valence electrons. The first-order valence-corrected chi connectivity index (χ1v) is 17.3. The van der Waals surface area contributed by atoms with Crippen molar-refractivity contribution in [1.29, 1.82) is 10.5 Å². The Balaban J connectivity index is 1.85. The third-order valence-electron chi connectivity index (χ3n) is 7.40. The number of nitriles is 2. The minimum Gasteiger partial charge on any atom is -0.494 e. The van der Waals surface area contributed by atoms with Crippen molar-refractivity contribution >= 4 is 48.6 Å². The van der Waals surface area contributed by atoms with Gasteiger partial charge in [-0.15, -0.1) is 0 Å². The van der Waals surface area contributed by atoms with Gasteiger partial charge in [0.05, 0.1) is 13.2 Å². The van der Waals surface area contributed by atoms with Crippen LogP contribution in [0.15, 0.2) is 109 Å². The quantitative estimate of drug-likeness (QED) is 0.0530. The Labute approximate surface area is 283 Å². The normalized spacial score (nSPS) is 10.3. The summed E-state index contributed by atoms with van der Waals surface area (Å²) < 4.78 is 12.0. The summed E-state index contributed by atoms with van der Waals surface area (Å²) in [6.07, 6.45) is 4.14. The number of allylic oxidation sites excluding steroid dienone is 2. The second-order valence-corrected chi connectivity index (χ2v) is 12.0. The smallest absolute Gasteiger partial charge is 0.133 e. The molecular formula is C39H36Br2N2O2. The largest absolute Gasteiger partial charge is 0.494 e. The summed E-state index contributed by atoms with van der Waals surface area (Å²) in [4.78, 5) is 0. The zero-order valence-corrected chi connectivity index (χ0v) is 28.6. The van der Waals surface area contributed by atoms with Crippen LogP contribution in [0.2, 0.25) is 0 Å². The maximum Gasteiger partial charge on any atom is 0.133 e. The SMILES string of the molecule is CC(=C(C#N)C#N)c1ccc(C(=C(c2ccc(OCCCCBr)cc2)c2ccc(OCCCCBr)cc2)c2ccccc2)cc1. The van der Waals surface area contributed by atoms with Crippen LogP contribution in [0, 0.1) is 22.7 Å². The predicted octanol–water partition coefficient (Wildman–Crippen LogP) is 10.6. The number of ether oxygens (including phenoxy) is 2. The Morgan fingerprint density at radius 2 is 0.911 bits per heavy atom. The monoisotopic (exact) mass is 722 g/mol. The maximum absolute atomic E-state index is 9.40. The van der Waals surface area contributed by atoms with Gasteiger partial charge in [-0.3, -0.25) is 0 Å². The molecule has 0 saturated heterocycles. The summed E-state index contributed by atoms with van der Waals surface area (Å²) in [5.41, 5.74) is 7.98. The average molecular weight is 725 g/mol. The van der Waals surface area contributed by atoms with Crippen molar-refractivity contribution in [2.75, 3.05) is 23.9 Å². The molecule has 0 atom stereocenters. The van der Waals surface area contributed by atoms with E-state index in [9.17, 15) is 10.5 Å². The van der Waals surface area contributed by atoms with E-state index in [-0.39, 0.29) is 5.57 Å². The molecule has 0 fully saturated rings. The molecule has 0 N–H and O–H groups in total. The number of nitrogens with zero attached hydrogens (tertiary/aromatic N) is 2. The summed E-state index contributed by atoms with van der Waals surface area (Å²) in [5, 5.41) is 20.7. The molecule has 0 spiro atoms. The second-order valence-electron chi connectivity index (χ2n) is 10.5. The lowest BCUT2D eigenvalue weighted by Gasteiger charge is -2.19. The highest BCUT2D eigenvalue weighted by molar-refractivity contribution is 9.09. The molecule has 45 heavy (non-hydrogen) atoms. The van der Waals surface area contributed by atoms with E-state index < -0.39 is 0 Å². The molecule has 0 aliphatic heterocycles. The van der Waals surface area contributed by atoms with Gasteiger partial charge in [-0.25, -0.2) is 0 Å². The highest BCUT2D eigenvalue weighted by Gasteiger charge is 2.17. The molecule has 4 nitrogen and oxygen atoms in total. The van der Waals surface area contributed by atoms with E-state index in [4.69, 9.17) is 9.47 Å². The average Bonchev–Trinajstić information content (AvgIpc) is 3.09. The molecular weight excluding hydrogens is 688 g/mol. The third-order valence-corrected chi connectivity index (χ3v) is 8.52. The van der Waals surface area contributed by atoms with Crippen molar-refractivity contribution in [1.82, 2.24) is 0 Å². The fourth-order valence-electron chi connectivity index (χ4n) is 4.95. The van der Waals surface area contributed by atoms with E-state index in [0.29, 0.717) is 18.8 Å². The number of hydrogen-bond acceptors (Lipinski definition) is 4. The van der Waals surface area contributed by atoms with Gasteiger partial charge in [0, 0.05) is 10.7 Å². The van der Waals surface area contributed by atoms with Crippen LogP contribution in [0.3, 0.4) is 0 Å². The van der Waals surface area contributed by atoms with Crippen molar-refractivity contribution in [2.24, 2.45) is 0 Å². The topological polar surface area (TPSA) is 66.0 Å². The first-order valence-electron chi connectivity index (χ1n) is 15.1. The van der Waals surface area contributed by atoms with Crippen LogP contribution in [0.25, 0.3) is 16.7 Å². The lowest BCUT2D eigenvalue weighted by Crippen LogP contribution is -2.00. The van der Waals surface area contributed by atoms with E-state index in [1.54, 1.807) is 0 Å². The fourth-order valence-corrected chi connectivity index (χ4v) is 5.74. The molecule has 4 rings (SSSR count). The van der Waals surface area contributed by atoms with Crippen molar-refractivity contribution < 1.29 is 9.47 Å². The second kappa shape index (κ2) is 18.0. The van der Waals surface area contributed by atoms with Crippen molar-refractivity contribution in [3.8, 4) is 23.6 Å². The Morgan fingerprint density at radius 1 is 0.533 bits per heavy atom. The predicted molar refractivity (Wildman–Crippen MR) is 192 cm³/mol. The molecule has 0 bridgehead atoms. The summed E-state index contributed by atoms with van der Waals surface area (Å²) in [6, 6.07) is 39.1. The van der Waals surface area contributed by atoms with Gasteiger partial charge in [0.1, 0.15) is 29.2 Å². The third kappa shape index (κ3) is 9.44. The van der Waals surface area contributed by atoms with E-state index in [1.165, 1.54) is 0 Å². The van der Waals surface area contributed by atoms with E-state index >= 15 is 0 Å². The fraction of sp³-hybridized carbons (Fsp3) is 0.231. The van der Waals surface area contributed by atoms with Crippen LogP contribution in [0.1, 0.15) is 60.4 Å².